The molecule has 6 heteroatoms. The molecule has 1 unspecified atom stereocenters. The predicted octanol–water partition coefficient (Wildman–Crippen LogP) is 2.72. The van der Waals surface area contributed by atoms with Crippen LogP contribution in [-0.2, 0) is 19.1 Å². The van der Waals surface area contributed by atoms with Gasteiger partial charge in [-0.25, -0.2) is 9.59 Å². The van der Waals surface area contributed by atoms with Crippen LogP contribution >= 0.6 is 0 Å². The SMILES string of the molecule is COC(=O)/C=C(/Nc1ccc(C)cc1C(O)c1ccccc1)C(=O)OC. The number of ether oxygens (including phenoxy) is 2. The Morgan fingerprint density at radius 3 is 2.38 bits per heavy atom. The van der Waals surface area contributed by atoms with Gasteiger partial charge in [-0.15, -0.1) is 0 Å². The summed E-state index contributed by atoms with van der Waals surface area (Å²) in [5, 5.41) is 13.6. The van der Waals surface area contributed by atoms with E-state index >= 15 is 0 Å². The molecule has 0 saturated carbocycles. The summed E-state index contributed by atoms with van der Waals surface area (Å²) in [6, 6.07) is 14.5. The number of hydrogen-bond donors (Lipinski definition) is 2. The number of anilines is 1. The molecule has 2 rings (SSSR count). The van der Waals surface area contributed by atoms with E-state index in [1.807, 2.05) is 49.4 Å². The molecular weight excluding hydrogens is 334 g/mol. The number of methoxy groups -OCH3 is 2. The van der Waals surface area contributed by atoms with Crippen LogP contribution in [0.3, 0.4) is 0 Å². The smallest absolute Gasteiger partial charge is 0.354 e. The van der Waals surface area contributed by atoms with Gasteiger partial charge in [-0.2, -0.15) is 0 Å². The fourth-order valence-corrected chi connectivity index (χ4v) is 2.41. The van der Waals surface area contributed by atoms with Crippen molar-refractivity contribution < 1.29 is 24.2 Å². The van der Waals surface area contributed by atoms with Crippen LogP contribution in [0.25, 0.3) is 0 Å². The van der Waals surface area contributed by atoms with Gasteiger partial charge in [-0.3, -0.25) is 0 Å². The van der Waals surface area contributed by atoms with Crippen molar-refractivity contribution in [3.05, 3.63) is 77.0 Å². The number of nitrogens with one attached hydrogen (secondary N) is 1. The fraction of sp³-hybridized carbons (Fsp3) is 0.200. The van der Waals surface area contributed by atoms with Crippen LogP contribution in [0.4, 0.5) is 5.69 Å². The maximum atomic E-state index is 12.0. The Labute approximate surface area is 152 Å². The number of benzene rings is 2. The molecule has 0 radical (unpaired) electrons. The van der Waals surface area contributed by atoms with Gasteiger partial charge in [0.15, 0.2) is 0 Å². The second-order valence-corrected chi connectivity index (χ2v) is 5.60. The normalized spacial score (nSPS) is 12.2. The lowest BCUT2D eigenvalue weighted by Crippen LogP contribution is -2.17. The van der Waals surface area contributed by atoms with Gasteiger partial charge in [0.25, 0.3) is 0 Å². The Bertz CT molecular complexity index is 814. The van der Waals surface area contributed by atoms with Gasteiger partial charge in [0.1, 0.15) is 11.8 Å². The van der Waals surface area contributed by atoms with Gasteiger partial charge in [0.05, 0.1) is 20.3 Å². The molecule has 0 heterocycles. The number of hydrogen-bond acceptors (Lipinski definition) is 6. The maximum Gasteiger partial charge on any atom is 0.354 e. The summed E-state index contributed by atoms with van der Waals surface area (Å²) in [5.41, 5.74) is 2.60. The van der Waals surface area contributed by atoms with Crippen molar-refractivity contribution >= 4 is 17.6 Å². The largest absolute Gasteiger partial charge is 0.466 e. The molecule has 26 heavy (non-hydrogen) atoms. The van der Waals surface area contributed by atoms with E-state index < -0.39 is 18.0 Å². The first-order chi connectivity index (χ1) is 12.5. The van der Waals surface area contributed by atoms with Crippen LogP contribution in [0.5, 0.6) is 0 Å². The van der Waals surface area contributed by atoms with Gasteiger partial charge in [-0.05, 0) is 18.6 Å². The maximum absolute atomic E-state index is 12.0. The van der Waals surface area contributed by atoms with Crippen LogP contribution in [-0.4, -0.2) is 31.3 Å². The zero-order chi connectivity index (χ0) is 19.1. The molecule has 0 fully saturated rings. The number of aliphatic hydroxyl groups is 1. The first-order valence-corrected chi connectivity index (χ1v) is 7.94. The van der Waals surface area contributed by atoms with Gasteiger partial charge in [-0.1, -0.05) is 48.0 Å². The Morgan fingerprint density at radius 2 is 1.77 bits per heavy atom. The summed E-state index contributed by atoms with van der Waals surface area (Å²) in [4.78, 5) is 23.5. The van der Waals surface area contributed by atoms with Crippen molar-refractivity contribution in [2.75, 3.05) is 19.5 Å². The summed E-state index contributed by atoms with van der Waals surface area (Å²) < 4.78 is 9.27. The molecule has 0 aromatic heterocycles. The summed E-state index contributed by atoms with van der Waals surface area (Å²) in [7, 11) is 2.42. The van der Waals surface area contributed by atoms with Gasteiger partial charge < -0.3 is 19.9 Å². The second kappa shape index (κ2) is 8.82. The highest BCUT2D eigenvalue weighted by Crippen LogP contribution is 2.30. The third-order valence-electron chi connectivity index (χ3n) is 3.75. The summed E-state index contributed by atoms with van der Waals surface area (Å²) >= 11 is 0. The van der Waals surface area contributed by atoms with E-state index in [9.17, 15) is 14.7 Å². The lowest BCUT2D eigenvalue weighted by Gasteiger charge is -2.18. The molecule has 0 bridgehead atoms. The Hall–Kier alpha value is -3.12. The molecule has 2 aromatic rings. The molecule has 1 atom stereocenters. The minimum Gasteiger partial charge on any atom is -0.466 e. The van der Waals surface area contributed by atoms with Crippen molar-refractivity contribution in [3.8, 4) is 0 Å². The van der Waals surface area contributed by atoms with Crippen LogP contribution < -0.4 is 5.32 Å². The van der Waals surface area contributed by atoms with E-state index in [1.165, 1.54) is 14.2 Å². The molecule has 2 aromatic carbocycles. The van der Waals surface area contributed by atoms with Crippen LogP contribution in [0, 0.1) is 6.92 Å². The molecule has 0 aliphatic rings. The Kier molecular flexibility index (Phi) is 6.52. The van der Waals surface area contributed by atoms with E-state index in [0.29, 0.717) is 16.8 Å². The van der Waals surface area contributed by atoms with Crippen molar-refractivity contribution in [1.29, 1.82) is 0 Å². The number of esters is 2. The summed E-state index contributed by atoms with van der Waals surface area (Å²) in [6.45, 7) is 1.90. The standard InChI is InChI=1S/C20H21NO5/c1-13-9-10-16(21-17(20(24)26-3)12-18(22)25-2)15(11-13)19(23)14-7-5-4-6-8-14/h4-12,19,21,23H,1-3H3/b17-12+. The fourth-order valence-electron chi connectivity index (χ4n) is 2.41. The first-order valence-electron chi connectivity index (χ1n) is 7.94. The predicted molar refractivity (Wildman–Crippen MR) is 97.4 cm³/mol. The van der Waals surface area contributed by atoms with Crippen molar-refractivity contribution in [3.63, 3.8) is 0 Å². The first kappa shape index (κ1) is 19.2. The molecule has 0 aliphatic carbocycles. The zero-order valence-electron chi connectivity index (χ0n) is 14.9. The number of aliphatic hydroxyl groups excluding tert-OH is 1. The molecule has 0 aliphatic heterocycles. The van der Waals surface area contributed by atoms with Crippen LogP contribution in [0.1, 0.15) is 22.8 Å². The summed E-state index contributed by atoms with van der Waals surface area (Å²) in [5.74, 6) is -1.42. The quantitative estimate of drug-likeness (QED) is 0.612. The Morgan fingerprint density at radius 1 is 1.08 bits per heavy atom. The van der Waals surface area contributed by atoms with E-state index in [2.05, 4.69) is 10.1 Å². The zero-order valence-corrected chi connectivity index (χ0v) is 14.9. The lowest BCUT2D eigenvalue weighted by atomic mass is 9.98. The van der Waals surface area contributed by atoms with Gasteiger partial charge in [0, 0.05) is 11.3 Å². The molecule has 136 valence electrons. The highest BCUT2D eigenvalue weighted by atomic mass is 16.5. The molecule has 0 spiro atoms. The number of aryl methyl sites for hydroxylation is 1. The van der Waals surface area contributed by atoms with Crippen molar-refractivity contribution in [2.45, 2.75) is 13.0 Å². The average molecular weight is 355 g/mol. The molecule has 0 amide bonds. The van der Waals surface area contributed by atoms with Crippen molar-refractivity contribution in [2.24, 2.45) is 0 Å². The third-order valence-corrected chi connectivity index (χ3v) is 3.75. The van der Waals surface area contributed by atoms with E-state index in [4.69, 9.17) is 4.74 Å². The molecule has 6 nitrogen and oxygen atoms in total. The summed E-state index contributed by atoms with van der Waals surface area (Å²) in [6.07, 6.45) is 0.0975. The minimum atomic E-state index is -0.907. The van der Waals surface area contributed by atoms with Crippen LogP contribution in [0.2, 0.25) is 0 Å². The molecule has 0 saturated heterocycles. The van der Waals surface area contributed by atoms with Gasteiger partial charge >= 0.3 is 11.9 Å². The minimum absolute atomic E-state index is 0.0929. The number of carbonyl (C=O) groups is 2. The van der Waals surface area contributed by atoms with E-state index in [1.54, 1.807) is 6.07 Å². The highest BCUT2D eigenvalue weighted by Gasteiger charge is 2.19. The Balaban J connectivity index is 2.44. The van der Waals surface area contributed by atoms with Crippen LogP contribution in [0.15, 0.2) is 60.3 Å². The highest BCUT2D eigenvalue weighted by molar-refractivity contribution is 5.98. The molecular formula is C20H21NO5. The number of carbonyl (C=O) groups excluding carboxylic acids is 2. The van der Waals surface area contributed by atoms with E-state index in [0.717, 1.165) is 11.6 Å². The van der Waals surface area contributed by atoms with Gasteiger partial charge in [0.2, 0.25) is 0 Å². The molecule has 2 N–H and O–H groups in total. The van der Waals surface area contributed by atoms with E-state index in [-0.39, 0.29) is 5.70 Å². The van der Waals surface area contributed by atoms with Crippen molar-refractivity contribution in [1.82, 2.24) is 0 Å². The lowest BCUT2D eigenvalue weighted by molar-refractivity contribution is -0.138. The average Bonchev–Trinajstić information content (AvgIpc) is 2.67. The second-order valence-electron chi connectivity index (χ2n) is 5.60. The number of rotatable bonds is 6. The third kappa shape index (κ3) is 4.70. The monoisotopic (exact) mass is 355 g/mol. The topological polar surface area (TPSA) is 84.9 Å².